The van der Waals surface area contributed by atoms with Crippen LogP contribution in [0.15, 0.2) is 24.9 Å². The van der Waals surface area contributed by atoms with Crippen molar-refractivity contribution in [2.24, 2.45) is 0 Å². The molecule has 0 aliphatic rings. The van der Waals surface area contributed by atoms with Crippen LogP contribution in [-0.2, 0) is 0 Å². The van der Waals surface area contributed by atoms with Crippen LogP contribution in [0, 0.1) is 10.1 Å². The first-order valence-electron chi connectivity index (χ1n) is 5.28. The number of hydrogen-bond acceptors (Lipinski definition) is 5. The third-order valence-electron chi connectivity index (χ3n) is 2.21. The molecular formula is C11H13N3O4. The van der Waals surface area contributed by atoms with Gasteiger partial charge in [-0.1, -0.05) is 6.08 Å². The number of nitro groups is 1. The summed E-state index contributed by atoms with van der Waals surface area (Å²) in [6.45, 7) is 4.12. The number of nitrogens with one attached hydrogen (secondary N) is 1. The topological polar surface area (TPSA) is 105 Å². The Morgan fingerprint density at radius 3 is 2.94 bits per heavy atom. The monoisotopic (exact) mass is 251 g/mol. The second-order valence-electron chi connectivity index (χ2n) is 3.51. The summed E-state index contributed by atoms with van der Waals surface area (Å²) >= 11 is 0. The molecule has 18 heavy (non-hydrogen) atoms. The molecule has 7 heteroatoms. The summed E-state index contributed by atoms with van der Waals surface area (Å²) in [5, 5.41) is 22.4. The normalized spacial score (nSPS) is 9.78. The predicted molar refractivity (Wildman–Crippen MR) is 65.8 cm³/mol. The number of allylic oxidation sites excluding steroid dienone is 1. The number of hydrogen-bond donors (Lipinski definition) is 2. The molecule has 0 aliphatic heterocycles. The molecule has 1 aromatic heterocycles. The van der Waals surface area contributed by atoms with Gasteiger partial charge in [-0.05, 0) is 22.7 Å². The number of aromatic nitrogens is 1. The van der Waals surface area contributed by atoms with Crippen molar-refractivity contribution in [1.29, 1.82) is 0 Å². The van der Waals surface area contributed by atoms with Crippen molar-refractivity contribution >= 4 is 17.5 Å². The van der Waals surface area contributed by atoms with Crippen molar-refractivity contribution in [3.63, 3.8) is 0 Å². The summed E-state index contributed by atoms with van der Waals surface area (Å²) < 4.78 is 0. The van der Waals surface area contributed by atoms with Gasteiger partial charge in [-0.3, -0.25) is 0 Å². The maximum atomic E-state index is 11.0. The molecular weight excluding hydrogens is 238 g/mol. The Morgan fingerprint density at radius 2 is 2.39 bits per heavy atom. The maximum Gasteiger partial charge on any atom is 0.364 e. The smallest absolute Gasteiger partial charge is 0.364 e. The van der Waals surface area contributed by atoms with Crippen molar-refractivity contribution in [1.82, 2.24) is 4.98 Å². The van der Waals surface area contributed by atoms with Gasteiger partial charge in [0.15, 0.2) is 6.20 Å². The van der Waals surface area contributed by atoms with Gasteiger partial charge in [0.05, 0.1) is 17.3 Å². The van der Waals surface area contributed by atoms with Crippen LogP contribution in [0.25, 0.3) is 0 Å². The first-order valence-corrected chi connectivity index (χ1v) is 5.28. The number of carbonyl (C=O) groups is 1. The zero-order chi connectivity index (χ0) is 13.5. The zero-order valence-electron chi connectivity index (χ0n) is 9.63. The van der Waals surface area contributed by atoms with Crippen LogP contribution in [0.2, 0.25) is 0 Å². The first-order chi connectivity index (χ1) is 8.56. The number of rotatable bonds is 7. The molecule has 2 N–H and O–H groups in total. The first kappa shape index (κ1) is 13.6. The minimum absolute atomic E-state index is 0.157. The number of carboxylic acid groups (broad SMARTS) is 1. The van der Waals surface area contributed by atoms with Gasteiger partial charge in [0.1, 0.15) is 0 Å². The van der Waals surface area contributed by atoms with Crippen LogP contribution in [0.1, 0.15) is 23.2 Å². The van der Waals surface area contributed by atoms with E-state index in [2.05, 4.69) is 16.9 Å². The fraction of sp³-hybridized carbons (Fsp3) is 0.273. The molecule has 0 saturated carbocycles. The van der Waals surface area contributed by atoms with Gasteiger partial charge in [-0.25, -0.2) is 4.79 Å². The van der Waals surface area contributed by atoms with Crippen LogP contribution in [0.5, 0.6) is 0 Å². The van der Waals surface area contributed by atoms with Gasteiger partial charge < -0.3 is 20.5 Å². The molecule has 1 rings (SSSR count). The molecule has 0 spiro atoms. The predicted octanol–water partition coefficient (Wildman–Crippen LogP) is 2.07. The van der Waals surface area contributed by atoms with E-state index in [0.29, 0.717) is 6.54 Å². The average molecular weight is 251 g/mol. The van der Waals surface area contributed by atoms with Crippen molar-refractivity contribution in [2.45, 2.75) is 12.8 Å². The van der Waals surface area contributed by atoms with Gasteiger partial charge in [-0.2, -0.15) is 0 Å². The summed E-state index contributed by atoms with van der Waals surface area (Å²) in [6, 6.07) is 0.943. The fourth-order valence-electron chi connectivity index (χ4n) is 1.33. The molecule has 0 atom stereocenters. The van der Waals surface area contributed by atoms with Crippen molar-refractivity contribution in [3.8, 4) is 0 Å². The number of pyridine rings is 1. The van der Waals surface area contributed by atoms with Gasteiger partial charge in [0.25, 0.3) is 0 Å². The van der Waals surface area contributed by atoms with E-state index in [0.717, 1.165) is 25.1 Å². The summed E-state index contributed by atoms with van der Waals surface area (Å²) in [5.41, 5.74) is 0.118. The minimum atomic E-state index is -1.23. The van der Waals surface area contributed by atoms with E-state index in [1.807, 2.05) is 0 Å². The third kappa shape index (κ3) is 3.55. The molecule has 96 valence electrons. The molecule has 0 fully saturated rings. The van der Waals surface area contributed by atoms with E-state index in [4.69, 9.17) is 5.11 Å². The molecule has 7 nitrogen and oxygen atoms in total. The molecule has 0 radical (unpaired) electrons. The van der Waals surface area contributed by atoms with Crippen LogP contribution in [-0.4, -0.2) is 27.5 Å². The summed E-state index contributed by atoms with van der Waals surface area (Å²) in [4.78, 5) is 24.3. The van der Waals surface area contributed by atoms with Crippen LogP contribution in [0.4, 0.5) is 11.5 Å². The molecule has 0 saturated heterocycles. The lowest BCUT2D eigenvalue weighted by molar-refractivity contribution is -0.389. The lowest BCUT2D eigenvalue weighted by atomic mass is 10.2. The summed E-state index contributed by atoms with van der Waals surface area (Å²) in [5.74, 6) is -1.71. The van der Waals surface area contributed by atoms with E-state index in [-0.39, 0.29) is 11.3 Å². The van der Waals surface area contributed by atoms with E-state index >= 15 is 0 Å². The summed E-state index contributed by atoms with van der Waals surface area (Å²) in [6.07, 6.45) is 4.51. The second kappa shape index (κ2) is 6.33. The highest BCUT2D eigenvalue weighted by molar-refractivity contribution is 5.94. The highest BCUT2D eigenvalue weighted by atomic mass is 16.6. The molecule has 0 aromatic carbocycles. The standard InChI is InChI=1S/C11H13N3O4/c1-2-3-4-5-12-9-7-13-10(14(17)18)6-8(9)11(15)16/h2,6-7,12H,1,3-5H2,(H,15,16). The van der Waals surface area contributed by atoms with E-state index < -0.39 is 16.7 Å². The van der Waals surface area contributed by atoms with Crippen molar-refractivity contribution in [3.05, 3.63) is 40.6 Å². The average Bonchev–Trinajstić information content (AvgIpc) is 2.34. The molecule has 0 unspecified atom stereocenters. The van der Waals surface area contributed by atoms with Gasteiger partial charge in [0, 0.05) is 6.54 Å². The lowest BCUT2D eigenvalue weighted by Gasteiger charge is -2.06. The van der Waals surface area contributed by atoms with E-state index in [9.17, 15) is 14.9 Å². The Bertz CT molecular complexity index is 473. The van der Waals surface area contributed by atoms with Crippen LogP contribution < -0.4 is 5.32 Å². The Balaban J connectivity index is 2.86. The largest absolute Gasteiger partial charge is 0.478 e. The quantitative estimate of drug-likeness (QED) is 0.332. The minimum Gasteiger partial charge on any atom is -0.478 e. The Hall–Kier alpha value is -2.44. The molecule has 1 aromatic rings. The van der Waals surface area contributed by atoms with Gasteiger partial charge in [-0.15, -0.1) is 6.58 Å². The SMILES string of the molecule is C=CCCCNc1cnc([N+](=O)[O-])cc1C(=O)O. The van der Waals surface area contributed by atoms with Crippen molar-refractivity contribution < 1.29 is 14.8 Å². The molecule has 1 heterocycles. The van der Waals surface area contributed by atoms with Crippen LogP contribution in [0.3, 0.4) is 0 Å². The Kier molecular flexibility index (Phi) is 4.79. The lowest BCUT2D eigenvalue weighted by Crippen LogP contribution is -2.09. The molecule has 0 amide bonds. The molecule has 0 aliphatic carbocycles. The van der Waals surface area contributed by atoms with Gasteiger partial charge in [0.2, 0.25) is 0 Å². The highest BCUT2D eigenvalue weighted by Crippen LogP contribution is 2.19. The third-order valence-corrected chi connectivity index (χ3v) is 2.21. The van der Waals surface area contributed by atoms with Crippen molar-refractivity contribution in [2.75, 3.05) is 11.9 Å². The number of aromatic carboxylic acids is 1. The summed E-state index contributed by atoms with van der Waals surface area (Å²) in [7, 11) is 0. The van der Waals surface area contributed by atoms with Gasteiger partial charge >= 0.3 is 11.8 Å². The zero-order valence-corrected chi connectivity index (χ0v) is 9.63. The number of carboxylic acids is 1. The number of anilines is 1. The second-order valence-corrected chi connectivity index (χ2v) is 3.51. The molecule has 0 bridgehead atoms. The maximum absolute atomic E-state index is 11.0. The van der Waals surface area contributed by atoms with Crippen LogP contribution >= 0.6 is 0 Å². The number of unbranched alkanes of at least 4 members (excludes halogenated alkanes) is 1. The Morgan fingerprint density at radius 1 is 1.67 bits per heavy atom. The van der Waals surface area contributed by atoms with E-state index in [1.54, 1.807) is 6.08 Å². The fourth-order valence-corrected chi connectivity index (χ4v) is 1.33. The van der Waals surface area contributed by atoms with E-state index in [1.165, 1.54) is 0 Å². The highest BCUT2D eigenvalue weighted by Gasteiger charge is 2.17. The number of nitrogens with zero attached hydrogens (tertiary/aromatic N) is 2. The Labute approximate surface area is 103 Å².